The van der Waals surface area contributed by atoms with Gasteiger partial charge in [0.05, 0.1) is 19.2 Å². The number of likely N-dealkylation sites (tertiary alicyclic amines) is 1. The predicted octanol–water partition coefficient (Wildman–Crippen LogP) is 2.58. The monoisotopic (exact) mass is 487 g/mol. The number of rotatable bonds is 11. The SMILES string of the molecule is C=CCOc1cccc(C2/C(=C(\[O-])c3ccc(OCC)cc3)C(=O)C(=O)N2CCC[n+]2cc[nH]c2)c1. The number of nitrogens with one attached hydrogen (secondary N) is 1. The fourth-order valence-electron chi connectivity index (χ4n) is 4.29. The fourth-order valence-corrected chi connectivity index (χ4v) is 4.29. The Morgan fingerprint density at radius 3 is 2.67 bits per heavy atom. The number of amides is 1. The van der Waals surface area contributed by atoms with Crippen LogP contribution in [0.5, 0.6) is 11.5 Å². The first kappa shape index (κ1) is 24.8. The molecule has 0 saturated carbocycles. The highest BCUT2D eigenvalue weighted by Crippen LogP contribution is 2.39. The van der Waals surface area contributed by atoms with Gasteiger partial charge in [-0.15, -0.1) is 0 Å². The summed E-state index contributed by atoms with van der Waals surface area (Å²) < 4.78 is 13.1. The van der Waals surface area contributed by atoms with Crippen molar-refractivity contribution in [3.63, 3.8) is 0 Å². The highest BCUT2D eigenvalue weighted by molar-refractivity contribution is 6.46. The van der Waals surface area contributed by atoms with Crippen LogP contribution < -0.4 is 19.1 Å². The molecular formula is C28H29N3O5. The lowest BCUT2D eigenvalue weighted by molar-refractivity contribution is -0.695. The molecule has 1 saturated heterocycles. The Kier molecular flexibility index (Phi) is 7.85. The van der Waals surface area contributed by atoms with E-state index in [0.717, 1.165) is 0 Å². The van der Waals surface area contributed by atoms with Crippen molar-refractivity contribution in [2.24, 2.45) is 0 Å². The molecule has 2 heterocycles. The molecule has 1 aliphatic rings. The lowest BCUT2D eigenvalue weighted by Gasteiger charge is -2.27. The van der Waals surface area contributed by atoms with Gasteiger partial charge >= 0.3 is 0 Å². The minimum atomic E-state index is -0.812. The molecule has 0 bridgehead atoms. The van der Waals surface area contributed by atoms with E-state index in [9.17, 15) is 14.7 Å². The number of aryl methyl sites for hydroxylation is 1. The van der Waals surface area contributed by atoms with Gasteiger partial charge in [0.2, 0.25) is 12.1 Å². The van der Waals surface area contributed by atoms with E-state index in [1.165, 1.54) is 4.90 Å². The largest absolute Gasteiger partial charge is 0.872 e. The molecule has 1 N–H and O–H groups in total. The van der Waals surface area contributed by atoms with Crippen molar-refractivity contribution in [2.45, 2.75) is 25.9 Å². The Labute approximate surface area is 210 Å². The highest BCUT2D eigenvalue weighted by atomic mass is 16.5. The standard InChI is InChI=1S/C28H29N3O5/c1-3-17-36-23-8-5-7-21(18-23)25-24(26(32)20-9-11-22(12-10-20)35-4-2)27(33)28(34)31(25)15-6-14-30-16-13-29-19-30/h3,5,7-13,16,18-19,25H,1,4,6,14-15,17H2,2H3,(H,32,33). The lowest BCUT2D eigenvalue weighted by atomic mass is 9.95. The van der Waals surface area contributed by atoms with Crippen molar-refractivity contribution < 1.29 is 28.7 Å². The van der Waals surface area contributed by atoms with Crippen molar-refractivity contribution in [2.75, 3.05) is 19.8 Å². The molecule has 8 nitrogen and oxygen atoms in total. The first-order chi connectivity index (χ1) is 17.5. The van der Waals surface area contributed by atoms with Crippen molar-refractivity contribution in [3.8, 4) is 11.5 Å². The van der Waals surface area contributed by atoms with Gasteiger partial charge in [0.25, 0.3) is 5.91 Å². The van der Waals surface area contributed by atoms with Crippen LogP contribution in [0.15, 0.2) is 85.5 Å². The maximum Gasteiger partial charge on any atom is 0.295 e. The van der Waals surface area contributed by atoms with E-state index in [0.29, 0.717) is 55.4 Å². The molecule has 0 spiro atoms. The summed E-state index contributed by atoms with van der Waals surface area (Å²) in [6.07, 6.45) is 7.76. The van der Waals surface area contributed by atoms with Crippen LogP contribution in [0.1, 0.15) is 30.5 Å². The van der Waals surface area contributed by atoms with Crippen LogP contribution in [0.2, 0.25) is 0 Å². The smallest absolute Gasteiger partial charge is 0.295 e. The molecule has 2 aromatic carbocycles. The Hall–Kier alpha value is -4.33. The van der Waals surface area contributed by atoms with E-state index >= 15 is 0 Å². The first-order valence-corrected chi connectivity index (χ1v) is 11.9. The molecule has 8 heteroatoms. The molecule has 0 radical (unpaired) electrons. The quantitative estimate of drug-likeness (QED) is 0.147. The number of hydrogen-bond donors (Lipinski definition) is 1. The molecule has 1 atom stereocenters. The zero-order valence-corrected chi connectivity index (χ0v) is 20.2. The second kappa shape index (κ2) is 11.4. The van der Waals surface area contributed by atoms with Gasteiger partial charge in [-0.25, -0.2) is 4.57 Å². The Balaban J connectivity index is 1.72. The number of nitrogens with zero attached hydrogens (tertiary/aromatic N) is 2. The van der Waals surface area contributed by atoms with Gasteiger partial charge in [-0.05, 0) is 42.3 Å². The molecule has 1 fully saturated rings. The van der Waals surface area contributed by atoms with Crippen molar-refractivity contribution in [1.29, 1.82) is 0 Å². The average molecular weight is 488 g/mol. The van der Waals surface area contributed by atoms with Crippen LogP contribution in [0.4, 0.5) is 0 Å². The number of aromatic nitrogens is 2. The van der Waals surface area contributed by atoms with Gasteiger partial charge in [0.15, 0.2) is 0 Å². The summed E-state index contributed by atoms with van der Waals surface area (Å²) in [6.45, 7) is 7.31. The molecule has 1 aromatic heterocycles. The predicted molar refractivity (Wildman–Crippen MR) is 132 cm³/mol. The number of carbonyl (C=O) groups excluding carboxylic acids is 2. The van der Waals surface area contributed by atoms with Crippen molar-refractivity contribution in [3.05, 3.63) is 96.6 Å². The van der Waals surface area contributed by atoms with E-state index in [4.69, 9.17) is 9.47 Å². The molecule has 1 aliphatic heterocycles. The second-order valence-electron chi connectivity index (χ2n) is 8.31. The maximum atomic E-state index is 13.6. The minimum absolute atomic E-state index is 0.0562. The molecule has 0 aliphatic carbocycles. The number of ether oxygens (including phenoxy) is 2. The number of Topliss-reactive ketones (excluding diaryl/α,β-unsaturated/α-hetero) is 1. The van der Waals surface area contributed by atoms with Crippen LogP contribution in [0.3, 0.4) is 0 Å². The maximum absolute atomic E-state index is 13.6. The lowest BCUT2D eigenvalue weighted by Crippen LogP contribution is -2.36. The van der Waals surface area contributed by atoms with Crippen LogP contribution in [0, 0.1) is 0 Å². The van der Waals surface area contributed by atoms with Gasteiger partial charge in [-0.2, -0.15) is 0 Å². The third kappa shape index (κ3) is 5.33. The molecule has 1 unspecified atom stereocenters. The summed E-state index contributed by atoms with van der Waals surface area (Å²) in [7, 11) is 0. The van der Waals surface area contributed by atoms with Crippen molar-refractivity contribution >= 4 is 17.4 Å². The third-order valence-electron chi connectivity index (χ3n) is 5.92. The molecule has 36 heavy (non-hydrogen) atoms. The summed E-state index contributed by atoms with van der Waals surface area (Å²) in [5, 5.41) is 13.6. The Morgan fingerprint density at radius 2 is 1.97 bits per heavy atom. The zero-order chi connectivity index (χ0) is 25.5. The number of carbonyl (C=O) groups is 2. The van der Waals surface area contributed by atoms with Crippen LogP contribution >= 0.6 is 0 Å². The van der Waals surface area contributed by atoms with E-state index in [1.54, 1.807) is 54.6 Å². The number of aromatic amines is 1. The molecule has 4 rings (SSSR count). The molecule has 186 valence electrons. The van der Waals surface area contributed by atoms with E-state index in [1.807, 2.05) is 30.2 Å². The Bertz CT molecular complexity index is 1250. The van der Waals surface area contributed by atoms with Gasteiger partial charge in [-0.1, -0.05) is 42.7 Å². The molecule has 3 aromatic rings. The number of ketones is 1. The number of benzene rings is 2. The minimum Gasteiger partial charge on any atom is -0.872 e. The van der Waals surface area contributed by atoms with E-state index < -0.39 is 23.5 Å². The second-order valence-corrected chi connectivity index (χ2v) is 8.31. The highest BCUT2D eigenvalue weighted by Gasteiger charge is 2.44. The fraction of sp³-hybridized carbons (Fsp3) is 0.250. The van der Waals surface area contributed by atoms with Crippen LogP contribution in [0.25, 0.3) is 5.76 Å². The topological polar surface area (TPSA) is 98.6 Å². The van der Waals surface area contributed by atoms with Crippen LogP contribution in [-0.4, -0.2) is 41.3 Å². The van der Waals surface area contributed by atoms with Crippen LogP contribution in [-0.2, 0) is 16.1 Å². The Morgan fingerprint density at radius 1 is 1.17 bits per heavy atom. The third-order valence-corrected chi connectivity index (χ3v) is 5.92. The van der Waals surface area contributed by atoms with Gasteiger partial charge in [0, 0.05) is 18.5 Å². The zero-order valence-electron chi connectivity index (χ0n) is 20.2. The summed E-state index contributed by atoms with van der Waals surface area (Å²) in [6, 6.07) is 12.9. The first-order valence-electron chi connectivity index (χ1n) is 11.9. The summed E-state index contributed by atoms with van der Waals surface area (Å²) in [5.74, 6) is -0.729. The number of imidazole rings is 1. The molecular weight excluding hydrogens is 458 g/mol. The average Bonchev–Trinajstić information content (AvgIpc) is 3.50. The van der Waals surface area contributed by atoms with E-state index in [-0.39, 0.29) is 5.57 Å². The van der Waals surface area contributed by atoms with Gasteiger partial charge in [0.1, 0.15) is 30.5 Å². The van der Waals surface area contributed by atoms with Gasteiger partial charge in [-0.3, -0.25) is 14.6 Å². The summed E-state index contributed by atoms with van der Waals surface area (Å²) >= 11 is 0. The number of H-pyrrole nitrogens is 1. The van der Waals surface area contributed by atoms with Crippen molar-refractivity contribution in [1.82, 2.24) is 9.88 Å². The van der Waals surface area contributed by atoms with Gasteiger partial charge < -0.3 is 19.5 Å². The summed E-state index contributed by atoms with van der Waals surface area (Å²) in [5.41, 5.74) is 0.905. The summed E-state index contributed by atoms with van der Waals surface area (Å²) in [4.78, 5) is 30.8. The molecule has 1 amide bonds. The van der Waals surface area contributed by atoms with E-state index in [2.05, 4.69) is 11.6 Å². The normalized spacial score (nSPS) is 16.8. The number of hydrogen-bond acceptors (Lipinski definition) is 5.